The van der Waals surface area contributed by atoms with Crippen LogP contribution in [0.25, 0.3) is 0 Å². The van der Waals surface area contributed by atoms with Gasteiger partial charge in [-0.15, -0.1) is 0 Å². The highest BCUT2D eigenvalue weighted by molar-refractivity contribution is 5.76. The highest BCUT2D eigenvalue weighted by atomic mass is 16.5. The van der Waals surface area contributed by atoms with E-state index in [-0.39, 0.29) is 11.9 Å². The van der Waals surface area contributed by atoms with Crippen LogP contribution in [0.15, 0.2) is 18.3 Å². The molecule has 0 radical (unpaired) electrons. The normalized spacial score (nSPS) is 17.0. The molecule has 1 aliphatic rings. The van der Waals surface area contributed by atoms with Gasteiger partial charge in [-0.3, -0.25) is 4.79 Å². The van der Waals surface area contributed by atoms with Gasteiger partial charge >= 0.3 is 0 Å². The third kappa shape index (κ3) is 3.31. The zero-order chi connectivity index (χ0) is 12.1. The van der Waals surface area contributed by atoms with E-state index in [1.165, 1.54) is 0 Å². The molecule has 1 aromatic rings. The highest BCUT2D eigenvalue weighted by Gasteiger charge is 2.16. The third-order valence-electron chi connectivity index (χ3n) is 3.03. The van der Waals surface area contributed by atoms with Crippen molar-refractivity contribution in [2.45, 2.75) is 32.0 Å². The molecular formula is C12H19N3O2. The maximum Gasteiger partial charge on any atom is 0.240 e. The topological polar surface area (TPSA) is 69.3 Å². The molecule has 1 fully saturated rings. The van der Waals surface area contributed by atoms with Crippen LogP contribution in [0.5, 0.6) is 0 Å². The number of nitrogens with two attached hydrogens (primary N) is 1. The minimum absolute atomic E-state index is 0.0443. The Morgan fingerprint density at radius 3 is 3.00 bits per heavy atom. The number of ether oxygens (including phenoxy) is 1. The van der Waals surface area contributed by atoms with Crippen molar-refractivity contribution >= 4 is 5.91 Å². The molecular weight excluding hydrogens is 218 g/mol. The molecule has 3 N–H and O–H groups in total. The van der Waals surface area contributed by atoms with Crippen LogP contribution in [-0.4, -0.2) is 29.7 Å². The van der Waals surface area contributed by atoms with Crippen LogP contribution in [0.3, 0.4) is 0 Å². The maximum absolute atomic E-state index is 11.8. The van der Waals surface area contributed by atoms with Gasteiger partial charge in [0, 0.05) is 37.7 Å². The summed E-state index contributed by atoms with van der Waals surface area (Å²) in [6.45, 7) is 2.28. The van der Waals surface area contributed by atoms with E-state index in [1.807, 2.05) is 22.9 Å². The Morgan fingerprint density at radius 2 is 2.29 bits per heavy atom. The monoisotopic (exact) mass is 237 g/mol. The second-order valence-corrected chi connectivity index (χ2v) is 4.29. The van der Waals surface area contributed by atoms with Crippen molar-refractivity contribution in [2.75, 3.05) is 13.2 Å². The number of rotatable bonds is 4. The van der Waals surface area contributed by atoms with Gasteiger partial charge in [0.05, 0.1) is 0 Å². The molecule has 94 valence electrons. The van der Waals surface area contributed by atoms with E-state index in [9.17, 15) is 4.79 Å². The van der Waals surface area contributed by atoms with Crippen molar-refractivity contribution in [3.05, 3.63) is 24.0 Å². The molecule has 2 rings (SSSR count). The summed E-state index contributed by atoms with van der Waals surface area (Å²) in [6.07, 6.45) is 3.69. The SMILES string of the molecule is NCc1cccn1CC(=O)NC1CCOCC1. The lowest BCUT2D eigenvalue weighted by molar-refractivity contribution is -0.123. The molecule has 0 aliphatic carbocycles. The highest BCUT2D eigenvalue weighted by Crippen LogP contribution is 2.06. The molecule has 0 atom stereocenters. The van der Waals surface area contributed by atoms with Crippen LogP contribution in [0.1, 0.15) is 18.5 Å². The summed E-state index contributed by atoms with van der Waals surface area (Å²) in [5.41, 5.74) is 6.56. The Labute approximate surface area is 101 Å². The molecule has 0 bridgehead atoms. The van der Waals surface area contributed by atoms with Gasteiger partial charge < -0.3 is 20.4 Å². The van der Waals surface area contributed by atoms with Crippen LogP contribution in [0.2, 0.25) is 0 Å². The Bertz CT molecular complexity index is 370. The van der Waals surface area contributed by atoms with Crippen molar-refractivity contribution in [2.24, 2.45) is 5.73 Å². The summed E-state index contributed by atoms with van der Waals surface area (Å²) in [5, 5.41) is 3.03. The molecule has 0 aromatic carbocycles. The second-order valence-electron chi connectivity index (χ2n) is 4.29. The standard InChI is InChI=1S/C12H19N3O2/c13-8-11-2-1-5-15(11)9-12(16)14-10-3-6-17-7-4-10/h1-2,5,10H,3-4,6-9,13H2,(H,14,16). The van der Waals surface area contributed by atoms with Crippen molar-refractivity contribution in [3.8, 4) is 0 Å². The van der Waals surface area contributed by atoms with Gasteiger partial charge in [-0.25, -0.2) is 0 Å². The van der Waals surface area contributed by atoms with Crippen molar-refractivity contribution in [1.82, 2.24) is 9.88 Å². The minimum Gasteiger partial charge on any atom is -0.381 e. The van der Waals surface area contributed by atoms with Crippen LogP contribution >= 0.6 is 0 Å². The van der Waals surface area contributed by atoms with Gasteiger partial charge in [0.1, 0.15) is 6.54 Å². The van der Waals surface area contributed by atoms with Gasteiger partial charge in [0.2, 0.25) is 5.91 Å². The maximum atomic E-state index is 11.8. The molecule has 1 aliphatic heterocycles. The molecule has 1 amide bonds. The van der Waals surface area contributed by atoms with Crippen molar-refractivity contribution in [1.29, 1.82) is 0 Å². The number of aromatic nitrogens is 1. The predicted molar refractivity (Wildman–Crippen MR) is 64.3 cm³/mol. The van der Waals surface area contributed by atoms with E-state index in [0.717, 1.165) is 31.7 Å². The van der Waals surface area contributed by atoms with E-state index < -0.39 is 0 Å². The number of amides is 1. The number of nitrogens with zero attached hydrogens (tertiary/aromatic N) is 1. The number of carbonyl (C=O) groups excluding carboxylic acids is 1. The summed E-state index contributed by atoms with van der Waals surface area (Å²) in [5.74, 6) is 0.0443. The molecule has 5 heteroatoms. The van der Waals surface area contributed by atoms with E-state index in [1.54, 1.807) is 0 Å². The van der Waals surface area contributed by atoms with Crippen molar-refractivity contribution < 1.29 is 9.53 Å². The molecule has 1 aromatic heterocycles. The predicted octanol–water partition coefficient (Wildman–Crippen LogP) is 0.242. The van der Waals surface area contributed by atoms with Gasteiger partial charge in [0.15, 0.2) is 0 Å². The number of nitrogens with one attached hydrogen (secondary N) is 1. The van der Waals surface area contributed by atoms with Gasteiger partial charge in [0.25, 0.3) is 0 Å². The van der Waals surface area contributed by atoms with Crippen LogP contribution in [0, 0.1) is 0 Å². The molecule has 0 unspecified atom stereocenters. The number of hydrogen-bond acceptors (Lipinski definition) is 3. The fraction of sp³-hybridized carbons (Fsp3) is 0.583. The Hall–Kier alpha value is -1.33. The quantitative estimate of drug-likeness (QED) is 0.788. The number of hydrogen-bond donors (Lipinski definition) is 2. The summed E-state index contributed by atoms with van der Waals surface area (Å²) in [7, 11) is 0. The molecule has 0 spiro atoms. The smallest absolute Gasteiger partial charge is 0.240 e. The average Bonchev–Trinajstić information content (AvgIpc) is 2.77. The third-order valence-corrected chi connectivity index (χ3v) is 3.03. The average molecular weight is 237 g/mol. The molecule has 17 heavy (non-hydrogen) atoms. The molecule has 5 nitrogen and oxygen atoms in total. The van der Waals surface area contributed by atoms with E-state index in [0.29, 0.717) is 13.1 Å². The van der Waals surface area contributed by atoms with Crippen LogP contribution in [0.4, 0.5) is 0 Å². The molecule has 2 heterocycles. The Balaban J connectivity index is 1.84. The number of carbonyl (C=O) groups is 1. The van der Waals surface area contributed by atoms with Gasteiger partial charge in [-0.05, 0) is 25.0 Å². The fourth-order valence-corrected chi connectivity index (χ4v) is 2.06. The first-order valence-corrected chi connectivity index (χ1v) is 6.01. The Morgan fingerprint density at radius 1 is 1.53 bits per heavy atom. The summed E-state index contributed by atoms with van der Waals surface area (Å²) in [6, 6.07) is 4.10. The minimum atomic E-state index is 0.0443. The van der Waals surface area contributed by atoms with Crippen molar-refractivity contribution in [3.63, 3.8) is 0 Å². The first kappa shape index (κ1) is 12.1. The van der Waals surface area contributed by atoms with E-state index >= 15 is 0 Å². The summed E-state index contributed by atoms with van der Waals surface area (Å²) >= 11 is 0. The summed E-state index contributed by atoms with van der Waals surface area (Å²) < 4.78 is 7.13. The van der Waals surface area contributed by atoms with Gasteiger partial charge in [-0.1, -0.05) is 0 Å². The lowest BCUT2D eigenvalue weighted by atomic mass is 10.1. The molecule has 0 saturated carbocycles. The van der Waals surface area contributed by atoms with Crippen LogP contribution in [-0.2, 0) is 22.6 Å². The van der Waals surface area contributed by atoms with Crippen LogP contribution < -0.4 is 11.1 Å². The molecule has 1 saturated heterocycles. The largest absolute Gasteiger partial charge is 0.381 e. The lowest BCUT2D eigenvalue weighted by Crippen LogP contribution is -2.40. The zero-order valence-electron chi connectivity index (χ0n) is 9.89. The van der Waals surface area contributed by atoms with E-state index in [2.05, 4.69) is 5.32 Å². The second kappa shape index (κ2) is 5.84. The van der Waals surface area contributed by atoms with Gasteiger partial charge in [-0.2, -0.15) is 0 Å². The zero-order valence-corrected chi connectivity index (χ0v) is 9.89. The van der Waals surface area contributed by atoms with E-state index in [4.69, 9.17) is 10.5 Å². The summed E-state index contributed by atoms with van der Waals surface area (Å²) in [4.78, 5) is 11.8. The lowest BCUT2D eigenvalue weighted by Gasteiger charge is -2.23. The first-order valence-electron chi connectivity index (χ1n) is 6.01. The Kier molecular flexibility index (Phi) is 4.17. The fourth-order valence-electron chi connectivity index (χ4n) is 2.06. The first-order chi connectivity index (χ1) is 8.29.